The molecule has 0 unspecified atom stereocenters. The van der Waals surface area contributed by atoms with Crippen molar-refractivity contribution in [3.8, 4) is 0 Å². The second-order valence-electron chi connectivity index (χ2n) is 7.80. The molecule has 0 radical (unpaired) electrons. The fourth-order valence-electron chi connectivity index (χ4n) is 4.51. The molecule has 3 N–H and O–H groups in total. The van der Waals surface area contributed by atoms with Crippen LogP contribution in [0.1, 0.15) is 41.6 Å². The van der Waals surface area contributed by atoms with Crippen molar-refractivity contribution in [2.24, 2.45) is 11.3 Å². The van der Waals surface area contributed by atoms with Crippen molar-refractivity contribution in [1.29, 1.82) is 0 Å². The van der Waals surface area contributed by atoms with Gasteiger partial charge in [0, 0.05) is 36.7 Å². The molecule has 0 spiro atoms. The van der Waals surface area contributed by atoms with Crippen molar-refractivity contribution in [3.05, 3.63) is 59.9 Å². The number of anilines is 1. The molecule has 1 aromatic heterocycles. The molecule has 1 saturated carbocycles. The van der Waals surface area contributed by atoms with Gasteiger partial charge < -0.3 is 16.0 Å². The van der Waals surface area contributed by atoms with Crippen LogP contribution in [-0.2, 0) is 11.3 Å². The minimum absolute atomic E-state index is 0. The summed E-state index contributed by atoms with van der Waals surface area (Å²) in [6.07, 6.45) is 7.64. The second kappa shape index (κ2) is 10.8. The fourth-order valence-corrected chi connectivity index (χ4v) is 4.51. The van der Waals surface area contributed by atoms with Crippen molar-refractivity contribution in [1.82, 2.24) is 15.6 Å². The molecule has 30 heavy (non-hydrogen) atoms. The molecule has 2 aromatic rings. The monoisotopic (exact) mass is 450 g/mol. The third-order valence-corrected chi connectivity index (χ3v) is 6.07. The maximum Gasteiger partial charge on any atom is 0.255 e. The normalized spacial score (nSPS) is 22.1. The van der Waals surface area contributed by atoms with E-state index in [1.807, 2.05) is 24.3 Å². The predicted molar refractivity (Wildman–Crippen MR) is 122 cm³/mol. The van der Waals surface area contributed by atoms with E-state index in [2.05, 4.69) is 20.9 Å². The Bertz CT molecular complexity index is 865. The molecular formula is C22H28Cl2N4O2. The van der Waals surface area contributed by atoms with Gasteiger partial charge in [-0.3, -0.25) is 14.6 Å². The molecule has 1 aliphatic heterocycles. The van der Waals surface area contributed by atoms with Crippen LogP contribution in [0.3, 0.4) is 0 Å². The van der Waals surface area contributed by atoms with Gasteiger partial charge in [0.2, 0.25) is 5.91 Å². The zero-order valence-corrected chi connectivity index (χ0v) is 18.4. The first-order chi connectivity index (χ1) is 13.7. The van der Waals surface area contributed by atoms with Gasteiger partial charge in [0.05, 0.1) is 5.41 Å². The van der Waals surface area contributed by atoms with Gasteiger partial charge >= 0.3 is 0 Å². The van der Waals surface area contributed by atoms with Crippen LogP contribution in [0.5, 0.6) is 0 Å². The van der Waals surface area contributed by atoms with Gasteiger partial charge in [-0.2, -0.15) is 0 Å². The Hall–Kier alpha value is -2.15. The largest absolute Gasteiger partial charge is 0.351 e. The molecule has 8 heteroatoms. The van der Waals surface area contributed by atoms with Crippen LogP contribution >= 0.6 is 24.8 Å². The van der Waals surface area contributed by atoms with Gasteiger partial charge in [-0.1, -0.05) is 25.0 Å². The average molecular weight is 451 g/mol. The van der Waals surface area contributed by atoms with E-state index in [0.29, 0.717) is 23.7 Å². The molecule has 4 rings (SSSR count). The number of nitrogens with one attached hydrogen (secondary N) is 3. The lowest BCUT2D eigenvalue weighted by Crippen LogP contribution is -2.47. The molecule has 1 aromatic carbocycles. The molecule has 6 nitrogen and oxygen atoms in total. The Morgan fingerprint density at radius 2 is 1.93 bits per heavy atom. The predicted octanol–water partition coefficient (Wildman–Crippen LogP) is 3.57. The molecule has 1 saturated heterocycles. The highest BCUT2D eigenvalue weighted by molar-refractivity contribution is 6.04. The zero-order valence-electron chi connectivity index (χ0n) is 16.7. The lowest BCUT2D eigenvalue weighted by atomic mass is 9.67. The van der Waals surface area contributed by atoms with E-state index in [1.165, 1.54) is 6.42 Å². The summed E-state index contributed by atoms with van der Waals surface area (Å²) in [6, 6.07) is 11.0. The number of carbonyl (C=O) groups excluding carboxylic acids is 2. The number of pyridine rings is 1. The summed E-state index contributed by atoms with van der Waals surface area (Å²) < 4.78 is 0. The number of benzene rings is 1. The fraction of sp³-hybridized carbons (Fsp3) is 0.409. The minimum atomic E-state index is -0.245. The Morgan fingerprint density at radius 1 is 1.13 bits per heavy atom. The van der Waals surface area contributed by atoms with Crippen molar-refractivity contribution in [2.75, 3.05) is 18.4 Å². The smallest absolute Gasteiger partial charge is 0.255 e. The molecule has 0 bridgehead atoms. The second-order valence-corrected chi connectivity index (χ2v) is 7.80. The molecule has 2 atom stereocenters. The summed E-state index contributed by atoms with van der Waals surface area (Å²) in [6.45, 7) is 2.20. The highest BCUT2D eigenvalue weighted by atomic mass is 35.5. The summed E-state index contributed by atoms with van der Waals surface area (Å²) in [5.74, 6) is 0.435. The standard InChI is InChI=1S/C22H26N4O2.2ClH/c27-20(17-7-10-23-11-8-17)26-19-6-3-4-16(12-19)13-25-21(28)22-9-2-1-5-18(22)14-24-15-22;;/h3-4,6-8,10-12,18,24H,1-2,5,9,13-15H2,(H,25,28)(H,26,27);2*1H/t18-,22+;;/m0../s1. The summed E-state index contributed by atoms with van der Waals surface area (Å²) in [5.41, 5.74) is 2.00. The van der Waals surface area contributed by atoms with Crippen LogP contribution in [0.2, 0.25) is 0 Å². The number of fused-ring (bicyclic) bond motifs is 1. The molecule has 2 amide bonds. The molecule has 2 aliphatic rings. The van der Waals surface area contributed by atoms with Gasteiger partial charge in [-0.15, -0.1) is 24.8 Å². The Labute approximate surface area is 189 Å². The third kappa shape index (κ3) is 5.12. The number of hydrogen-bond acceptors (Lipinski definition) is 4. The first kappa shape index (κ1) is 24.1. The maximum absolute atomic E-state index is 13.0. The number of amides is 2. The number of halogens is 2. The van der Waals surface area contributed by atoms with E-state index in [1.54, 1.807) is 24.5 Å². The van der Waals surface area contributed by atoms with Crippen LogP contribution in [0.15, 0.2) is 48.8 Å². The Morgan fingerprint density at radius 3 is 2.73 bits per heavy atom. The lowest BCUT2D eigenvalue weighted by molar-refractivity contribution is -0.134. The van der Waals surface area contributed by atoms with Crippen molar-refractivity contribution < 1.29 is 9.59 Å². The number of rotatable bonds is 5. The minimum Gasteiger partial charge on any atom is -0.351 e. The number of carbonyl (C=O) groups is 2. The zero-order chi connectivity index (χ0) is 19.4. The van der Waals surface area contributed by atoms with Crippen LogP contribution in [0, 0.1) is 11.3 Å². The molecule has 2 heterocycles. The third-order valence-electron chi connectivity index (χ3n) is 6.07. The van der Waals surface area contributed by atoms with Gasteiger partial charge in [0.15, 0.2) is 0 Å². The average Bonchev–Trinajstić information content (AvgIpc) is 3.18. The highest BCUT2D eigenvalue weighted by Crippen LogP contribution is 2.43. The number of nitrogens with zero attached hydrogens (tertiary/aromatic N) is 1. The van der Waals surface area contributed by atoms with Crippen molar-refractivity contribution in [3.63, 3.8) is 0 Å². The number of aromatic nitrogens is 1. The van der Waals surface area contributed by atoms with E-state index >= 15 is 0 Å². The lowest BCUT2D eigenvalue weighted by Gasteiger charge is -2.37. The van der Waals surface area contributed by atoms with E-state index in [4.69, 9.17) is 0 Å². The summed E-state index contributed by atoms with van der Waals surface area (Å²) in [5, 5.41) is 9.46. The van der Waals surface area contributed by atoms with Crippen LogP contribution < -0.4 is 16.0 Å². The van der Waals surface area contributed by atoms with E-state index < -0.39 is 0 Å². The van der Waals surface area contributed by atoms with Gasteiger partial charge in [0.25, 0.3) is 5.91 Å². The first-order valence-electron chi connectivity index (χ1n) is 9.97. The van der Waals surface area contributed by atoms with Gasteiger partial charge in [-0.25, -0.2) is 0 Å². The van der Waals surface area contributed by atoms with Crippen LogP contribution in [0.4, 0.5) is 5.69 Å². The topological polar surface area (TPSA) is 83.1 Å². The SMILES string of the molecule is Cl.Cl.O=C(Nc1cccc(CNC(=O)[C@@]23CCCC[C@H]2CNC3)c1)c1ccncc1. The van der Waals surface area contributed by atoms with Crippen LogP contribution in [-0.4, -0.2) is 29.9 Å². The van der Waals surface area contributed by atoms with Crippen LogP contribution in [0.25, 0.3) is 0 Å². The quantitative estimate of drug-likeness (QED) is 0.649. The summed E-state index contributed by atoms with van der Waals surface area (Å²) >= 11 is 0. The van der Waals surface area contributed by atoms with Gasteiger partial charge in [-0.05, 0) is 55.1 Å². The molecule has 162 valence electrons. The summed E-state index contributed by atoms with van der Waals surface area (Å²) in [7, 11) is 0. The molecule has 1 aliphatic carbocycles. The number of hydrogen-bond donors (Lipinski definition) is 3. The highest BCUT2D eigenvalue weighted by Gasteiger charge is 2.49. The molecular weight excluding hydrogens is 423 g/mol. The van der Waals surface area contributed by atoms with Crippen molar-refractivity contribution >= 4 is 42.3 Å². The summed E-state index contributed by atoms with van der Waals surface area (Å²) in [4.78, 5) is 29.2. The molecule has 2 fully saturated rings. The van der Waals surface area contributed by atoms with E-state index in [9.17, 15) is 9.59 Å². The Balaban J connectivity index is 0.00000160. The van der Waals surface area contributed by atoms with Crippen molar-refractivity contribution in [2.45, 2.75) is 32.2 Å². The van der Waals surface area contributed by atoms with E-state index in [0.717, 1.165) is 37.9 Å². The Kier molecular flexibility index (Phi) is 8.65. The van der Waals surface area contributed by atoms with Gasteiger partial charge in [0.1, 0.15) is 0 Å². The first-order valence-corrected chi connectivity index (χ1v) is 9.97. The maximum atomic E-state index is 13.0. The van der Waals surface area contributed by atoms with E-state index in [-0.39, 0.29) is 42.0 Å².